The van der Waals surface area contributed by atoms with Gasteiger partial charge in [-0.2, -0.15) is 0 Å². The molecule has 2 rings (SSSR count). The van der Waals surface area contributed by atoms with Gasteiger partial charge >= 0.3 is 0 Å². The summed E-state index contributed by atoms with van der Waals surface area (Å²) in [6.07, 6.45) is 3.20. The van der Waals surface area contributed by atoms with E-state index in [9.17, 15) is 9.59 Å². The summed E-state index contributed by atoms with van der Waals surface area (Å²) in [5.74, 6) is -0.325. The second kappa shape index (κ2) is 5.82. The van der Waals surface area contributed by atoms with Crippen LogP contribution in [0.2, 0.25) is 0 Å². The molecule has 0 spiro atoms. The molecule has 0 unspecified atom stereocenters. The Hall–Kier alpha value is -1.62. The first-order chi connectivity index (χ1) is 8.66. The van der Waals surface area contributed by atoms with Crippen LogP contribution in [0.15, 0.2) is 16.9 Å². The van der Waals surface area contributed by atoms with E-state index in [-0.39, 0.29) is 23.1 Å². The lowest BCUT2D eigenvalue weighted by atomic mass is 10.2. The largest absolute Gasteiger partial charge is 0.378 e. The van der Waals surface area contributed by atoms with Gasteiger partial charge < -0.3 is 15.0 Å². The van der Waals surface area contributed by atoms with Crippen LogP contribution >= 0.6 is 0 Å². The van der Waals surface area contributed by atoms with E-state index in [0.29, 0.717) is 6.54 Å². The van der Waals surface area contributed by atoms with Crippen molar-refractivity contribution in [3.05, 3.63) is 33.7 Å². The quantitative estimate of drug-likeness (QED) is 0.837. The van der Waals surface area contributed by atoms with E-state index in [1.54, 1.807) is 19.1 Å². The van der Waals surface area contributed by atoms with E-state index in [4.69, 9.17) is 4.74 Å². The second-order valence-electron chi connectivity index (χ2n) is 4.56. The number of carbonyl (C=O) groups is 1. The number of aromatic nitrogens is 1. The molecule has 1 saturated heterocycles. The number of ether oxygens (including phenoxy) is 1. The topological polar surface area (TPSA) is 71.2 Å². The van der Waals surface area contributed by atoms with Crippen LogP contribution in [0.1, 0.15) is 35.3 Å². The molecule has 1 aliphatic heterocycles. The maximum atomic E-state index is 11.8. The van der Waals surface area contributed by atoms with Gasteiger partial charge in [0.2, 0.25) is 0 Å². The average Bonchev–Trinajstić information content (AvgIpc) is 2.81. The highest BCUT2D eigenvalue weighted by atomic mass is 16.5. The van der Waals surface area contributed by atoms with Crippen molar-refractivity contribution in [1.29, 1.82) is 0 Å². The van der Waals surface area contributed by atoms with Gasteiger partial charge in [0.15, 0.2) is 0 Å². The molecule has 5 heteroatoms. The first-order valence-corrected chi connectivity index (χ1v) is 6.26. The number of pyridine rings is 1. The third-order valence-electron chi connectivity index (χ3n) is 3.08. The van der Waals surface area contributed by atoms with Crippen molar-refractivity contribution >= 4 is 5.91 Å². The van der Waals surface area contributed by atoms with Crippen molar-refractivity contribution in [2.24, 2.45) is 0 Å². The Morgan fingerprint density at radius 1 is 1.56 bits per heavy atom. The van der Waals surface area contributed by atoms with Crippen molar-refractivity contribution in [2.75, 3.05) is 13.2 Å². The van der Waals surface area contributed by atoms with Crippen LogP contribution in [0.25, 0.3) is 0 Å². The van der Waals surface area contributed by atoms with E-state index in [0.717, 1.165) is 31.6 Å². The highest BCUT2D eigenvalue weighted by Gasteiger charge is 2.16. The summed E-state index contributed by atoms with van der Waals surface area (Å²) in [4.78, 5) is 25.9. The monoisotopic (exact) mass is 250 g/mol. The van der Waals surface area contributed by atoms with Crippen molar-refractivity contribution in [1.82, 2.24) is 10.3 Å². The lowest BCUT2D eigenvalue weighted by Gasteiger charge is -2.09. The van der Waals surface area contributed by atoms with Crippen LogP contribution in [0, 0.1) is 6.92 Å². The van der Waals surface area contributed by atoms with Crippen molar-refractivity contribution in [3.63, 3.8) is 0 Å². The summed E-state index contributed by atoms with van der Waals surface area (Å²) >= 11 is 0. The Morgan fingerprint density at radius 3 is 3.06 bits per heavy atom. The van der Waals surface area contributed by atoms with Gasteiger partial charge in [-0.15, -0.1) is 0 Å². The Labute approximate surface area is 106 Å². The van der Waals surface area contributed by atoms with E-state index >= 15 is 0 Å². The SMILES string of the molecule is Cc1ccc(C(=O)NCC[C@H]2CCCO2)c(=O)[nH]1. The Bertz CT molecular complexity index is 475. The molecular weight excluding hydrogens is 232 g/mol. The average molecular weight is 250 g/mol. The predicted octanol–water partition coefficient (Wildman–Crippen LogP) is 0.982. The van der Waals surface area contributed by atoms with Gasteiger partial charge in [-0.05, 0) is 38.3 Å². The Kier molecular flexibility index (Phi) is 4.15. The zero-order chi connectivity index (χ0) is 13.0. The smallest absolute Gasteiger partial charge is 0.260 e. The molecule has 0 saturated carbocycles. The van der Waals surface area contributed by atoms with Crippen LogP contribution in [0.5, 0.6) is 0 Å². The first kappa shape index (κ1) is 12.8. The normalized spacial score (nSPS) is 18.8. The lowest BCUT2D eigenvalue weighted by Crippen LogP contribution is -2.31. The molecule has 1 aliphatic rings. The minimum Gasteiger partial charge on any atom is -0.378 e. The first-order valence-electron chi connectivity index (χ1n) is 6.26. The molecule has 2 heterocycles. The van der Waals surface area contributed by atoms with Gasteiger partial charge in [-0.3, -0.25) is 9.59 Å². The highest BCUT2D eigenvalue weighted by Crippen LogP contribution is 2.14. The van der Waals surface area contributed by atoms with Crippen molar-refractivity contribution in [3.8, 4) is 0 Å². The fourth-order valence-electron chi connectivity index (χ4n) is 2.06. The molecule has 98 valence electrons. The van der Waals surface area contributed by atoms with Crippen molar-refractivity contribution in [2.45, 2.75) is 32.3 Å². The predicted molar refractivity (Wildman–Crippen MR) is 67.7 cm³/mol. The minimum absolute atomic E-state index is 0.160. The molecule has 1 aromatic heterocycles. The Morgan fingerprint density at radius 2 is 2.39 bits per heavy atom. The number of hydrogen-bond acceptors (Lipinski definition) is 3. The molecule has 1 aromatic rings. The van der Waals surface area contributed by atoms with Crippen LogP contribution in [-0.2, 0) is 4.74 Å². The molecule has 0 aromatic carbocycles. The van der Waals surface area contributed by atoms with Crippen LogP contribution in [0.4, 0.5) is 0 Å². The van der Waals surface area contributed by atoms with Gasteiger partial charge in [0.05, 0.1) is 6.10 Å². The summed E-state index contributed by atoms with van der Waals surface area (Å²) in [6, 6.07) is 3.27. The molecule has 1 fully saturated rings. The summed E-state index contributed by atoms with van der Waals surface area (Å²) < 4.78 is 5.46. The van der Waals surface area contributed by atoms with Gasteiger partial charge in [0.25, 0.3) is 11.5 Å². The van der Waals surface area contributed by atoms with E-state index in [2.05, 4.69) is 10.3 Å². The summed E-state index contributed by atoms with van der Waals surface area (Å²) in [7, 11) is 0. The molecule has 0 bridgehead atoms. The molecule has 0 aliphatic carbocycles. The fraction of sp³-hybridized carbons (Fsp3) is 0.538. The number of nitrogens with one attached hydrogen (secondary N) is 2. The third kappa shape index (κ3) is 3.20. The van der Waals surface area contributed by atoms with Crippen molar-refractivity contribution < 1.29 is 9.53 Å². The molecule has 0 radical (unpaired) electrons. The third-order valence-corrected chi connectivity index (χ3v) is 3.08. The number of carbonyl (C=O) groups excluding carboxylic acids is 1. The molecule has 5 nitrogen and oxygen atoms in total. The highest BCUT2D eigenvalue weighted by molar-refractivity contribution is 5.93. The Balaban J connectivity index is 1.85. The van der Waals surface area contributed by atoms with Crippen LogP contribution in [-0.4, -0.2) is 30.1 Å². The zero-order valence-corrected chi connectivity index (χ0v) is 10.5. The molecule has 1 atom stereocenters. The number of amides is 1. The van der Waals surface area contributed by atoms with Gasteiger partial charge in [-0.1, -0.05) is 0 Å². The standard InChI is InChI=1S/C13H18N2O3/c1-9-4-5-11(13(17)15-9)12(16)14-7-6-10-3-2-8-18-10/h4-5,10H,2-3,6-8H2,1H3,(H,14,16)(H,15,17)/t10-/m1/s1. The molecular formula is C13H18N2O3. The lowest BCUT2D eigenvalue weighted by molar-refractivity contribution is 0.0906. The van der Waals surface area contributed by atoms with E-state index < -0.39 is 0 Å². The number of hydrogen-bond donors (Lipinski definition) is 2. The summed E-state index contributed by atoms with van der Waals surface area (Å²) in [5.41, 5.74) is 0.563. The second-order valence-corrected chi connectivity index (χ2v) is 4.56. The van der Waals surface area contributed by atoms with Gasteiger partial charge in [-0.25, -0.2) is 0 Å². The number of rotatable bonds is 4. The summed E-state index contributed by atoms with van der Waals surface area (Å²) in [6.45, 7) is 3.13. The molecule has 18 heavy (non-hydrogen) atoms. The number of aryl methyl sites for hydroxylation is 1. The number of aromatic amines is 1. The molecule has 1 amide bonds. The molecule has 2 N–H and O–H groups in total. The van der Waals surface area contributed by atoms with Gasteiger partial charge in [0.1, 0.15) is 5.56 Å². The van der Waals surface area contributed by atoms with E-state index in [1.807, 2.05) is 0 Å². The van der Waals surface area contributed by atoms with Crippen LogP contribution < -0.4 is 10.9 Å². The van der Waals surface area contributed by atoms with Crippen LogP contribution in [0.3, 0.4) is 0 Å². The zero-order valence-electron chi connectivity index (χ0n) is 10.5. The number of H-pyrrole nitrogens is 1. The maximum Gasteiger partial charge on any atom is 0.260 e. The van der Waals surface area contributed by atoms with E-state index in [1.165, 1.54) is 0 Å². The minimum atomic E-state index is -0.343. The fourth-order valence-corrected chi connectivity index (χ4v) is 2.06. The van der Waals surface area contributed by atoms with Gasteiger partial charge in [0, 0.05) is 18.8 Å². The summed E-state index contributed by atoms with van der Waals surface area (Å²) in [5, 5.41) is 2.75. The maximum absolute atomic E-state index is 11.8.